The fraction of sp³-hybridized carbons (Fsp3) is 0.357. The molecule has 0 amide bonds. The minimum Gasteiger partial charge on any atom is -0.481 e. The van der Waals surface area contributed by atoms with Gasteiger partial charge in [-0.05, 0) is 31.2 Å². The maximum Gasteiger partial charge on any atom is 0.321 e. The molecule has 6 heteroatoms. The van der Waals surface area contributed by atoms with E-state index in [2.05, 4.69) is 0 Å². The number of Topliss-reactive ketones (excluding diaryl/α,β-unsaturated/α-hetero) is 1. The molecular formula is C14H15ClO5. The predicted molar refractivity (Wildman–Crippen MR) is 72.7 cm³/mol. The van der Waals surface area contributed by atoms with Crippen LogP contribution in [0.1, 0.15) is 24.2 Å². The van der Waals surface area contributed by atoms with Crippen molar-refractivity contribution in [1.29, 1.82) is 0 Å². The second-order valence-electron chi connectivity index (χ2n) is 4.23. The monoisotopic (exact) mass is 298 g/mol. The van der Waals surface area contributed by atoms with Gasteiger partial charge in [-0.3, -0.25) is 14.4 Å². The molecule has 2 atom stereocenters. The van der Waals surface area contributed by atoms with Gasteiger partial charge in [-0.1, -0.05) is 18.5 Å². The molecule has 0 saturated heterocycles. The van der Waals surface area contributed by atoms with Gasteiger partial charge in [-0.15, -0.1) is 0 Å². The topological polar surface area (TPSA) is 80.7 Å². The van der Waals surface area contributed by atoms with Gasteiger partial charge < -0.3 is 9.84 Å². The van der Waals surface area contributed by atoms with Crippen molar-refractivity contribution in [1.82, 2.24) is 0 Å². The quantitative estimate of drug-likeness (QED) is 0.495. The third-order valence-electron chi connectivity index (χ3n) is 2.85. The van der Waals surface area contributed by atoms with Crippen LogP contribution in [0.3, 0.4) is 0 Å². The van der Waals surface area contributed by atoms with Gasteiger partial charge in [0.05, 0.1) is 6.61 Å². The zero-order valence-corrected chi connectivity index (χ0v) is 11.9. The normalized spacial score (nSPS) is 13.3. The molecule has 2 unspecified atom stereocenters. The Morgan fingerprint density at radius 1 is 1.25 bits per heavy atom. The summed E-state index contributed by atoms with van der Waals surface area (Å²) in [5, 5.41) is 9.57. The van der Waals surface area contributed by atoms with Crippen LogP contribution in [-0.4, -0.2) is 29.4 Å². The molecule has 0 aliphatic heterocycles. The van der Waals surface area contributed by atoms with Crippen LogP contribution < -0.4 is 0 Å². The Kier molecular flexibility index (Phi) is 5.70. The van der Waals surface area contributed by atoms with Crippen molar-refractivity contribution in [2.24, 2.45) is 11.8 Å². The fourth-order valence-corrected chi connectivity index (χ4v) is 1.91. The van der Waals surface area contributed by atoms with E-state index in [-0.39, 0.29) is 6.61 Å². The van der Waals surface area contributed by atoms with E-state index in [4.69, 9.17) is 21.4 Å². The molecule has 5 nitrogen and oxygen atoms in total. The van der Waals surface area contributed by atoms with Gasteiger partial charge in [0, 0.05) is 16.5 Å². The highest BCUT2D eigenvalue weighted by molar-refractivity contribution is 6.30. The van der Waals surface area contributed by atoms with Crippen LogP contribution in [0.5, 0.6) is 0 Å². The second-order valence-corrected chi connectivity index (χ2v) is 4.66. The van der Waals surface area contributed by atoms with E-state index in [9.17, 15) is 14.4 Å². The van der Waals surface area contributed by atoms with Crippen LogP contribution in [-0.2, 0) is 14.3 Å². The third kappa shape index (κ3) is 3.81. The van der Waals surface area contributed by atoms with Crippen molar-refractivity contribution in [3.05, 3.63) is 34.9 Å². The van der Waals surface area contributed by atoms with Crippen LogP contribution >= 0.6 is 11.6 Å². The van der Waals surface area contributed by atoms with Gasteiger partial charge in [0.2, 0.25) is 0 Å². The van der Waals surface area contributed by atoms with E-state index in [0.717, 1.165) is 0 Å². The molecule has 0 aliphatic rings. The molecule has 0 radical (unpaired) electrons. The van der Waals surface area contributed by atoms with Crippen molar-refractivity contribution in [3.8, 4) is 0 Å². The molecule has 0 fully saturated rings. The number of hydrogen-bond donors (Lipinski definition) is 1. The van der Waals surface area contributed by atoms with E-state index in [1.807, 2.05) is 0 Å². The Balaban J connectivity index is 2.97. The lowest BCUT2D eigenvalue weighted by atomic mass is 9.87. The third-order valence-corrected chi connectivity index (χ3v) is 3.10. The van der Waals surface area contributed by atoms with Crippen molar-refractivity contribution < 1.29 is 24.2 Å². The van der Waals surface area contributed by atoms with E-state index in [1.165, 1.54) is 31.2 Å². The van der Waals surface area contributed by atoms with Crippen molar-refractivity contribution in [2.45, 2.75) is 13.8 Å². The average Bonchev–Trinajstić information content (AvgIpc) is 2.38. The summed E-state index contributed by atoms with van der Waals surface area (Å²) in [4.78, 5) is 35.0. The Labute approximate surface area is 121 Å². The van der Waals surface area contributed by atoms with Gasteiger partial charge in [-0.25, -0.2) is 0 Å². The predicted octanol–water partition coefficient (Wildman–Crippen LogP) is 2.42. The zero-order chi connectivity index (χ0) is 15.3. The first-order valence-electron chi connectivity index (χ1n) is 6.07. The summed E-state index contributed by atoms with van der Waals surface area (Å²) in [6.45, 7) is 3.03. The SMILES string of the molecule is CCOC(=O)C(C(=O)O)C(C)C(=O)c1ccc(Cl)cc1. The van der Waals surface area contributed by atoms with Gasteiger partial charge in [-0.2, -0.15) is 0 Å². The molecular weight excluding hydrogens is 284 g/mol. The number of esters is 1. The molecule has 1 aromatic rings. The first-order valence-corrected chi connectivity index (χ1v) is 6.45. The molecule has 1 rings (SSSR count). The minimum absolute atomic E-state index is 0.0600. The molecule has 0 aliphatic carbocycles. The largest absolute Gasteiger partial charge is 0.481 e. The van der Waals surface area contributed by atoms with Crippen LogP contribution in [0.25, 0.3) is 0 Å². The highest BCUT2D eigenvalue weighted by Crippen LogP contribution is 2.21. The van der Waals surface area contributed by atoms with Gasteiger partial charge in [0.1, 0.15) is 0 Å². The highest BCUT2D eigenvalue weighted by Gasteiger charge is 2.37. The first kappa shape index (κ1) is 16.2. The Bertz CT molecular complexity index is 509. The lowest BCUT2D eigenvalue weighted by Crippen LogP contribution is -2.35. The summed E-state index contributed by atoms with van der Waals surface area (Å²) in [7, 11) is 0. The number of carbonyl (C=O) groups is 3. The number of ketones is 1. The summed E-state index contributed by atoms with van der Waals surface area (Å²) in [5.41, 5.74) is 0.303. The first-order chi connectivity index (χ1) is 9.38. The van der Waals surface area contributed by atoms with Gasteiger partial charge in [0.25, 0.3) is 0 Å². The fourth-order valence-electron chi connectivity index (χ4n) is 1.78. The summed E-state index contributed by atoms with van der Waals surface area (Å²) in [6.07, 6.45) is 0. The molecule has 20 heavy (non-hydrogen) atoms. The van der Waals surface area contributed by atoms with Crippen LogP contribution in [0.4, 0.5) is 0 Å². The Hall–Kier alpha value is -1.88. The summed E-state index contributed by atoms with van der Waals surface area (Å²) >= 11 is 5.72. The second kappa shape index (κ2) is 7.05. The number of carboxylic acids is 1. The number of rotatable bonds is 6. The Morgan fingerprint density at radius 2 is 1.80 bits per heavy atom. The maximum absolute atomic E-state index is 12.2. The number of ether oxygens (including phenoxy) is 1. The number of benzene rings is 1. The van der Waals surface area contributed by atoms with Crippen LogP contribution in [0, 0.1) is 11.8 Å². The standard InChI is InChI=1S/C14H15ClO5/c1-3-20-14(19)11(13(17)18)8(2)12(16)9-4-6-10(15)7-5-9/h4-8,11H,3H2,1-2H3,(H,17,18). The van der Waals surface area contributed by atoms with Crippen molar-refractivity contribution >= 4 is 29.3 Å². The number of carbonyl (C=O) groups excluding carboxylic acids is 2. The van der Waals surface area contributed by atoms with Crippen LogP contribution in [0.15, 0.2) is 24.3 Å². The number of carboxylic acid groups (broad SMARTS) is 1. The maximum atomic E-state index is 12.2. The van der Waals surface area contributed by atoms with Crippen molar-refractivity contribution in [3.63, 3.8) is 0 Å². The van der Waals surface area contributed by atoms with E-state index >= 15 is 0 Å². The molecule has 0 aromatic heterocycles. The molecule has 1 N–H and O–H groups in total. The van der Waals surface area contributed by atoms with E-state index in [1.54, 1.807) is 6.92 Å². The molecule has 1 aromatic carbocycles. The van der Waals surface area contributed by atoms with E-state index < -0.39 is 29.6 Å². The van der Waals surface area contributed by atoms with E-state index in [0.29, 0.717) is 10.6 Å². The lowest BCUT2D eigenvalue weighted by molar-refractivity contribution is -0.160. The molecule has 108 valence electrons. The molecule has 0 bridgehead atoms. The number of hydrogen-bond acceptors (Lipinski definition) is 4. The summed E-state index contributed by atoms with van der Waals surface area (Å²) in [6, 6.07) is 6.04. The van der Waals surface area contributed by atoms with Gasteiger partial charge >= 0.3 is 11.9 Å². The summed E-state index contributed by atoms with van der Waals surface area (Å²) in [5.74, 6) is -5.26. The number of aliphatic carboxylic acids is 1. The molecule has 0 spiro atoms. The molecule has 0 saturated carbocycles. The molecule has 0 heterocycles. The average molecular weight is 299 g/mol. The Morgan fingerprint density at radius 3 is 2.25 bits per heavy atom. The number of halogens is 1. The minimum atomic E-state index is -1.52. The summed E-state index contributed by atoms with van der Waals surface area (Å²) < 4.78 is 4.70. The zero-order valence-electron chi connectivity index (χ0n) is 11.1. The van der Waals surface area contributed by atoms with Crippen LogP contribution in [0.2, 0.25) is 5.02 Å². The lowest BCUT2D eigenvalue weighted by Gasteiger charge is -2.17. The van der Waals surface area contributed by atoms with Gasteiger partial charge in [0.15, 0.2) is 11.7 Å². The van der Waals surface area contributed by atoms with Crippen molar-refractivity contribution in [2.75, 3.05) is 6.61 Å². The smallest absolute Gasteiger partial charge is 0.321 e. The highest BCUT2D eigenvalue weighted by atomic mass is 35.5.